The fourth-order valence-corrected chi connectivity index (χ4v) is 4.73. The molecule has 180 valence electrons. The first-order valence-electron chi connectivity index (χ1n) is 11.3. The lowest BCUT2D eigenvalue weighted by atomic mass is 9.97. The van der Waals surface area contributed by atoms with Crippen molar-refractivity contribution in [1.29, 1.82) is 0 Å². The third-order valence-electron chi connectivity index (χ3n) is 6.59. The normalized spacial score (nSPS) is 17.1. The minimum atomic E-state index is -0.490. The van der Waals surface area contributed by atoms with Gasteiger partial charge in [-0.05, 0) is 37.0 Å². The largest absolute Gasteiger partial charge is 0.371 e. The van der Waals surface area contributed by atoms with Gasteiger partial charge in [-0.2, -0.15) is 0 Å². The zero-order chi connectivity index (χ0) is 24.4. The first-order chi connectivity index (χ1) is 16.2. The molecule has 0 bridgehead atoms. The van der Waals surface area contributed by atoms with E-state index in [1.54, 1.807) is 23.1 Å². The zero-order valence-electron chi connectivity index (χ0n) is 18.9. The molecule has 11 heteroatoms. The van der Waals surface area contributed by atoms with Crippen LogP contribution in [-0.2, 0) is 0 Å². The number of non-ortho nitro benzene ring substituents is 1. The van der Waals surface area contributed by atoms with E-state index >= 15 is 0 Å². The molecular formula is C23H26ClN5O5. The van der Waals surface area contributed by atoms with Crippen LogP contribution in [0.1, 0.15) is 30.1 Å². The van der Waals surface area contributed by atoms with Crippen LogP contribution in [0, 0.1) is 26.1 Å². The first-order valence-corrected chi connectivity index (χ1v) is 11.6. The number of rotatable bonds is 5. The Bertz CT molecular complexity index is 1110. The van der Waals surface area contributed by atoms with Crippen molar-refractivity contribution in [2.45, 2.75) is 19.8 Å². The quantitative estimate of drug-likeness (QED) is 0.455. The highest BCUT2D eigenvalue weighted by molar-refractivity contribution is 6.30. The molecule has 34 heavy (non-hydrogen) atoms. The number of nitrogens with zero attached hydrogens (tertiary/aromatic N) is 5. The molecule has 10 nitrogen and oxygen atoms in total. The Labute approximate surface area is 202 Å². The van der Waals surface area contributed by atoms with Gasteiger partial charge in [-0.25, -0.2) is 0 Å². The maximum absolute atomic E-state index is 13.5. The third kappa shape index (κ3) is 4.91. The van der Waals surface area contributed by atoms with Crippen LogP contribution < -0.4 is 9.80 Å². The van der Waals surface area contributed by atoms with E-state index in [2.05, 4.69) is 11.8 Å². The van der Waals surface area contributed by atoms with Crippen molar-refractivity contribution in [3.8, 4) is 0 Å². The zero-order valence-corrected chi connectivity index (χ0v) is 19.6. The standard InChI is InChI=1S/C23H26ClN5O5/c1-16-6-8-25(9-7-16)20-5-3-18(28(31)32)15-19(20)23(30)27-12-10-26(11-13-27)21-4-2-17(24)14-22(21)29(33)34/h2-5,14-16H,6-13H2,1H3. The van der Waals surface area contributed by atoms with Crippen molar-refractivity contribution < 1.29 is 14.6 Å². The number of carbonyl (C=O) groups is 1. The number of anilines is 2. The summed E-state index contributed by atoms with van der Waals surface area (Å²) in [4.78, 5) is 41.0. The minimum absolute atomic E-state index is 0.0763. The van der Waals surface area contributed by atoms with E-state index < -0.39 is 9.85 Å². The van der Waals surface area contributed by atoms with Crippen molar-refractivity contribution in [3.63, 3.8) is 0 Å². The summed E-state index contributed by atoms with van der Waals surface area (Å²) in [5.41, 5.74) is 1.31. The van der Waals surface area contributed by atoms with E-state index in [0.29, 0.717) is 43.3 Å². The van der Waals surface area contributed by atoms with Gasteiger partial charge in [0.05, 0.1) is 21.1 Å². The van der Waals surface area contributed by atoms with Gasteiger partial charge in [0.15, 0.2) is 0 Å². The molecule has 1 amide bonds. The van der Waals surface area contributed by atoms with Crippen molar-refractivity contribution in [1.82, 2.24) is 4.90 Å². The Morgan fingerprint density at radius 1 is 0.882 bits per heavy atom. The molecule has 2 heterocycles. The van der Waals surface area contributed by atoms with E-state index in [4.69, 9.17) is 11.6 Å². The van der Waals surface area contributed by atoms with Crippen molar-refractivity contribution in [3.05, 3.63) is 67.2 Å². The predicted molar refractivity (Wildman–Crippen MR) is 130 cm³/mol. The molecule has 2 saturated heterocycles. The van der Waals surface area contributed by atoms with E-state index in [1.165, 1.54) is 18.2 Å². The number of halogens is 1. The molecule has 2 aromatic rings. The van der Waals surface area contributed by atoms with Gasteiger partial charge in [0, 0.05) is 62.5 Å². The van der Waals surface area contributed by atoms with Crippen molar-refractivity contribution in [2.24, 2.45) is 5.92 Å². The Morgan fingerprint density at radius 2 is 1.50 bits per heavy atom. The van der Waals surface area contributed by atoms with Crippen LogP contribution in [0.5, 0.6) is 0 Å². The van der Waals surface area contributed by atoms with Crippen LogP contribution in [0.3, 0.4) is 0 Å². The second-order valence-corrected chi connectivity index (χ2v) is 9.23. The van der Waals surface area contributed by atoms with Crippen LogP contribution in [0.15, 0.2) is 36.4 Å². The molecule has 4 rings (SSSR count). The summed E-state index contributed by atoms with van der Waals surface area (Å²) in [5, 5.41) is 23.1. The Balaban J connectivity index is 1.54. The molecule has 0 unspecified atom stereocenters. The average molecular weight is 488 g/mol. The fraction of sp³-hybridized carbons (Fsp3) is 0.435. The van der Waals surface area contributed by atoms with Gasteiger partial charge in [-0.1, -0.05) is 18.5 Å². The topological polar surface area (TPSA) is 113 Å². The number of nitro groups is 2. The SMILES string of the molecule is CC1CCN(c2ccc([N+](=O)[O-])cc2C(=O)N2CCN(c3ccc(Cl)cc3[N+](=O)[O-])CC2)CC1. The molecule has 0 spiro atoms. The van der Waals surface area contributed by atoms with Crippen molar-refractivity contribution in [2.75, 3.05) is 49.1 Å². The first kappa shape index (κ1) is 23.7. The van der Waals surface area contributed by atoms with E-state index in [9.17, 15) is 25.0 Å². The summed E-state index contributed by atoms with van der Waals surface area (Å²) < 4.78 is 0. The number of hydrogen-bond acceptors (Lipinski definition) is 7. The molecule has 2 fully saturated rings. The maximum atomic E-state index is 13.5. The summed E-state index contributed by atoms with van der Waals surface area (Å²) >= 11 is 5.93. The van der Waals surface area contributed by atoms with Gasteiger partial charge in [0.25, 0.3) is 17.3 Å². The highest BCUT2D eigenvalue weighted by Gasteiger charge is 2.30. The number of piperidine rings is 1. The Kier molecular flexibility index (Phi) is 6.87. The van der Waals surface area contributed by atoms with Gasteiger partial charge in [0.1, 0.15) is 5.69 Å². The van der Waals surface area contributed by atoms with Crippen LogP contribution in [-0.4, -0.2) is 59.9 Å². The van der Waals surface area contributed by atoms with E-state index in [0.717, 1.165) is 31.6 Å². The number of hydrogen-bond donors (Lipinski definition) is 0. The molecule has 2 aromatic carbocycles. The fourth-order valence-electron chi connectivity index (χ4n) is 4.57. The minimum Gasteiger partial charge on any atom is -0.371 e. The smallest absolute Gasteiger partial charge is 0.294 e. The highest BCUT2D eigenvalue weighted by atomic mass is 35.5. The molecule has 0 atom stereocenters. The molecule has 0 aliphatic carbocycles. The monoisotopic (exact) mass is 487 g/mol. The third-order valence-corrected chi connectivity index (χ3v) is 6.82. The molecule has 0 N–H and O–H groups in total. The number of piperazine rings is 1. The average Bonchev–Trinajstić information content (AvgIpc) is 2.84. The van der Waals surface area contributed by atoms with Crippen LogP contribution in [0.2, 0.25) is 5.02 Å². The Hall–Kier alpha value is -3.40. The number of benzene rings is 2. The lowest BCUT2D eigenvalue weighted by Crippen LogP contribution is -2.49. The summed E-state index contributed by atoms with van der Waals surface area (Å²) in [7, 11) is 0. The van der Waals surface area contributed by atoms with Gasteiger partial charge < -0.3 is 14.7 Å². The number of carbonyl (C=O) groups excluding carboxylic acids is 1. The summed E-state index contributed by atoms with van der Waals surface area (Å²) in [6.45, 7) is 5.29. The second-order valence-electron chi connectivity index (χ2n) is 8.80. The van der Waals surface area contributed by atoms with Crippen LogP contribution in [0.4, 0.5) is 22.7 Å². The van der Waals surface area contributed by atoms with Crippen LogP contribution in [0.25, 0.3) is 0 Å². The number of nitro benzene ring substituents is 2. The summed E-state index contributed by atoms with van der Waals surface area (Å²) in [6, 6.07) is 9.04. The molecule has 0 radical (unpaired) electrons. The van der Waals surface area contributed by atoms with Gasteiger partial charge >= 0.3 is 0 Å². The van der Waals surface area contributed by atoms with Crippen molar-refractivity contribution >= 4 is 40.3 Å². The predicted octanol–water partition coefficient (Wildman–Crippen LogP) is 4.36. The summed E-state index contributed by atoms with van der Waals surface area (Å²) in [5.74, 6) is 0.348. The molecular weight excluding hydrogens is 462 g/mol. The van der Waals surface area contributed by atoms with Gasteiger partial charge in [0.2, 0.25) is 0 Å². The molecule has 2 aliphatic heterocycles. The van der Waals surface area contributed by atoms with Gasteiger partial charge in [-0.3, -0.25) is 25.0 Å². The maximum Gasteiger partial charge on any atom is 0.294 e. The number of amides is 1. The molecule has 0 aromatic heterocycles. The van der Waals surface area contributed by atoms with Crippen LogP contribution >= 0.6 is 11.6 Å². The second kappa shape index (κ2) is 9.84. The van der Waals surface area contributed by atoms with E-state index in [-0.39, 0.29) is 22.3 Å². The lowest BCUT2D eigenvalue weighted by Gasteiger charge is -2.37. The lowest BCUT2D eigenvalue weighted by molar-refractivity contribution is -0.384. The molecule has 2 aliphatic rings. The van der Waals surface area contributed by atoms with E-state index in [1.807, 2.05) is 4.90 Å². The molecule has 0 saturated carbocycles. The van der Waals surface area contributed by atoms with Gasteiger partial charge in [-0.15, -0.1) is 0 Å². The highest BCUT2D eigenvalue weighted by Crippen LogP contribution is 2.33. The summed E-state index contributed by atoms with van der Waals surface area (Å²) in [6.07, 6.45) is 2.01. The Morgan fingerprint density at radius 3 is 2.12 bits per heavy atom.